The maximum atomic E-state index is 12.8. The molecule has 0 unspecified atom stereocenters. The quantitative estimate of drug-likeness (QED) is 0.380. The molecule has 0 aliphatic carbocycles. The van der Waals surface area contributed by atoms with Gasteiger partial charge in [0.2, 0.25) is 0 Å². The number of nitrogens with zero attached hydrogens (tertiary/aromatic N) is 2. The average Bonchev–Trinajstić information content (AvgIpc) is 2.97. The molecule has 2 amide bonds. The second-order valence-electron chi connectivity index (χ2n) is 6.00. The van der Waals surface area contributed by atoms with Crippen LogP contribution in [-0.2, 0) is 11.3 Å². The standard InChI is InChI=1S/C20H18N2O6S/c1-3-28-18-14(5-4-6-16(18)27-2)11-17-19(23)21(20(24)29-17)12-13-7-9-15(10-8-13)22(25)26/h4-11H,3,12H2,1-2H3/b17-11-. The van der Waals surface area contributed by atoms with E-state index in [0.717, 1.165) is 16.7 Å². The van der Waals surface area contributed by atoms with Gasteiger partial charge in [-0.2, -0.15) is 0 Å². The van der Waals surface area contributed by atoms with Crippen LogP contribution in [0.1, 0.15) is 18.1 Å². The van der Waals surface area contributed by atoms with Crippen molar-refractivity contribution in [3.63, 3.8) is 0 Å². The van der Waals surface area contributed by atoms with Gasteiger partial charge in [-0.1, -0.05) is 24.3 Å². The number of non-ortho nitro benzene ring substituents is 1. The number of para-hydroxylation sites is 1. The maximum absolute atomic E-state index is 12.8. The molecule has 9 heteroatoms. The molecular weight excluding hydrogens is 396 g/mol. The molecule has 1 aliphatic heterocycles. The zero-order valence-electron chi connectivity index (χ0n) is 15.8. The Labute approximate surface area is 171 Å². The summed E-state index contributed by atoms with van der Waals surface area (Å²) in [5.41, 5.74) is 1.20. The van der Waals surface area contributed by atoms with Gasteiger partial charge in [-0.3, -0.25) is 24.6 Å². The summed E-state index contributed by atoms with van der Waals surface area (Å²) in [6, 6.07) is 11.0. The van der Waals surface area contributed by atoms with E-state index in [1.807, 2.05) is 6.92 Å². The van der Waals surface area contributed by atoms with E-state index in [1.54, 1.807) is 24.3 Å². The van der Waals surface area contributed by atoms with E-state index in [-0.39, 0.29) is 17.1 Å². The summed E-state index contributed by atoms with van der Waals surface area (Å²) in [7, 11) is 1.53. The van der Waals surface area contributed by atoms with Crippen LogP contribution >= 0.6 is 11.8 Å². The van der Waals surface area contributed by atoms with Crippen molar-refractivity contribution in [2.24, 2.45) is 0 Å². The Morgan fingerprint density at radius 2 is 1.90 bits per heavy atom. The molecule has 0 N–H and O–H groups in total. The molecule has 1 fully saturated rings. The number of thioether (sulfide) groups is 1. The molecule has 1 heterocycles. The van der Waals surface area contributed by atoms with Crippen molar-refractivity contribution >= 4 is 34.7 Å². The second-order valence-corrected chi connectivity index (χ2v) is 7.00. The molecule has 0 saturated carbocycles. The topological polar surface area (TPSA) is 99.0 Å². The first-order chi connectivity index (χ1) is 13.9. The summed E-state index contributed by atoms with van der Waals surface area (Å²) in [4.78, 5) is 36.8. The van der Waals surface area contributed by atoms with E-state index in [2.05, 4.69) is 0 Å². The van der Waals surface area contributed by atoms with Gasteiger partial charge in [0.25, 0.3) is 16.8 Å². The highest BCUT2D eigenvalue weighted by Crippen LogP contribution is 2.37. The number of methoxy groups -OCH3 is 1. The van der Waals surface area contributed by atoms with Crippen molar-refractivity contribution in [3.8, 4) is 11.5 Å². The molecule has 150 valence electrons. The zero-order chi connectivity index (χ0) is 21.0. The summed E-state index contributed by atoms with van der Waals surface area (Å²) < 4.78 is 10.9. The van der Waals surface area contributed by atoms with E-state index in [1.165, 1.54) is 31.4 Å². The summed E-state index contributed by atoms with van der Waals surface area (Å²) >= 11 is 0.838. The molecular formula is C20H18N2O6S. The fourth-order valence-corrected chi connectivity index (χ4v) is 3.62. The Balaban J connectivity index is 1.84. The van der Waals surface area contributed by atoms with Gasteiger partial charge in [-0.25, -0.2) is 0 Å². The minimum absolute atomic E-state index is 0.0381. The minimum Gasteiger partial charge on any atom is -0.493 e. The number of amides is 2. The summed E-state index contributed by atoms with van der Waals surface area (Å²) in [6.45, 7) is 2.30. The number of carbonyl (C=O) groups is 2. The molecule has 1 saturated heterocycles. The number of hydrogen-bond donors (Lipinski definition) is 0. The van der Waals surface area contributed by atoms with E-state index >= 15 is 0 Å². The zero-order valence-corrected chi connectivity index (χ0v) is 16.6. The molecule has 0 radical (unpaired) electrons. The van der Waals surface area contributed by atoms with Crippen LogP contribution in [0.5, 0.6) is 11.5 Å². The van der Waals surface area contributed by atoms with Gasteiger partial charge >= 0.3 is 0 Å². The molecule has 8 nitrogen and oxygen atoms in total. The summed E-state index contributed by atoms with van der Waals surface area (Å²) in [5.74, 6) is 0.606. The molecule has 29 heavy (non-hydrogen) atoms. The Hall–Kier alpha value is -3.33. The number of rotatable bonds is 7. The van der Waals surface area contributed by atoms with Crippen molar-refractivity contribution in [1.82, 2.24) is 4.90 Å². The fourth-order valence-electron chi connectivity index (χ4n) is 2.79. The van der Waals surface area contributed by atoms with Crippen LogP contribution in [0.25, 0.3) is 6.08 Å². The lowest BCUT2D eigenvalue weighted by Crippen LogP contribution is -2.27. The second kappa shape index (κ2) is 8.78. The SMILES string of the molecule is CCOc1c(/C=C2\SC(=O)N(Cc3ccc([N+](=O)[O-])cc3)C2=O)cccc1OC. The Morgan fingerprint density at radius 3 is 2.52 bits per heavy atom. The van der Waals surface area contributed by atoms with Crippen LogP contribution < -0.4 is 9.47 Å². The van der Waals surface area contributed by atoms with Gasteiger partial charge in [0.05, 0.1) is 30.1 Å². The first kappa shape index (κ1) is 20.4. The third kappa shape index (κ3) is 4.40. The Bertz CT molecular complexity index is 987. The third-order valence-electron chi connectivity index (χ3n) is 4.17. The first-order valence-corrected chi connectivity index (χ1v) is 9.54. The lowest BCUT2D eigenvalue weighted by Gasteiger charge is -2.13. The van der Waals surface area contributed by atoms with Gasteiger partial charge in [0.15, 0.2) is 11.5 Å². The molecule has 0 bridgehead atoms. The van der Waals surface area contributed by atoms with Gasteiger partial charge in [-0.05, 0) is 36.4 Å². The van der Waals surface area contributed by atoms with Crippen LogP contribution in [0.15, 0.2) is 47.4 Å². The van der Waals surface area contributed by atoms with Crippen LogP contribution in [0.3, 0.4) is 0 Å². The molecule has 0 atom stereocenters. The smallest absolute Gasteiger partial charge is 0.293 e. The number of nitro benzene ring substituents is 1. The van der Waals surface area contributed by atoms with E-state index in [0.29, 0.717) is 29.2 Å². The van der Waals surface area contributed by atoms with Crippen LogP contribution in [0.2, 0.25) is 0 Å². The van der Waals surface area contributed by atoms with Gasteiger partial charge in [0, 0.05) is 17.7 Å². The highest BCUT2D eigenvalue weighted by molar-refractivity contribution is 8.18. The molecule has 1 aliphatic rings. The van der Waals surface area contributed by atoms with Crippen molar-refractivity contribution in [2.75, 3.05) is 13.7 Å². The van der Waals surface area contributed by atoms with Crippen molar-refractivity contribution in [3.05, 3.63) is 68.6 Å². The Morgan fingerprint density at radius 1 is 1.17 bits per heavy atom. The average molecular weight is 414 g/mol. The predicted molar refractivity (Wildman–Crippen MR) is 109 cm³/mol. The van der Waals surface area contributed by atoms with E-state index in [9.17, 15) is 19.7 Å². The van der Waals surface area contributed by atoms with Crippen molar-refractivity contribution < 1.29 is 24.0 Å². The largest absolute Gasteiger partial charge is 0.493 e. The fraction of sp³-hybridized carbons (Fsp3) is 0.200. The van der Waals surface area contributed by atoms with Crippen molar-refractivity contribution in [2.45, 2.75) is 13.5 Å². The van der Waals surface area contributed by atoms with Gasteiger partial charge in [0.1, 0.15) is 0 Å². The molecule has 2 aromatic carbocycles. The maximum Gasteiger partial charge on any atom is 0.293 e. The highest BCUT2D eigenvalue weighted by Gasteiger charge is 2.35. The van der Waals surface area contributed by atoms with Crippen molar-refractivity contribution in [1.29, 1.82) is 0 Å². The minimum atomic E-state index is -0.503. The molecule has 3 rings (SSSR count). The van der Waals surface area contributed by atoms with Gasteiger partial charge in [-0.15, -0.1) is 0 Å². The number of hydrogen-bond acceptors (Lipinski definition) is 7. The van der Waals surface area contributed by atoms with E-state index in [4.69, 9.17) is 9.47 Å². The highest BCUT2D eigenvalue weighted by atomic mass is 32.2. The number of carbonyl (C=O) groups excluding carboxylic acids is 2. The van der Waals surface area contributed by atoms with E-state index < -0.39 is 16.1 Å². The monoisotopic (exact) mass is 414 g/mol. The van der Waals surface area contributed by atoms with Crippen LogP contribution in [-0.4, -0.2) is 34.7 Å². The third-order valence-corrected chi connectivity index (χ3v) is 5.07. The molecule has 2 aromatic rings. The lowest BCUT2D eigenvalue weighted by atomic mass is 10.1. The number of imide groups is 1. The normalized spacial score (nSPS) is 15.1. The Kier molecular flexibility index (Phi) is 6.18. The first-order valence-electron chi connectivity index (χ1n) is 8.73. The predicted octanol–water partition coefficient (Wildman–Crippen LogP) is 4.24. The van der Waals surface area contributed by atoms with Crippen LogP contribution in [0.4, 0.5) is 10.5 Å². The summed E-state index contributed by atoms with van der Waals surface area (Å²) in [5, 5.41) is 10.4. The summed E-state index contributed by atoms with van der Waals surface area (Å²) in [6.07, 6.45) is 1.61. The number of ether oxygens (including phenoxy) is 2. The molecule has 0 aromatic heterocycles. The lowest BCUT2D eigenvalue weighted by molar-refractivity contribution is -0.384. The molecule has 0 spiro atoms. The van der Waals surface area contributed by atoms with Crippen LogP contribution in [0, 0.1) is 10.1 Å². The number of nitro groups is 1. The van der Waals surface area contributed by atoms with Gasteiger partial charge < -0.3 is 9.47 Å². The number of benzene rings is 2.